The molecule has 4 nitrogen and oxygen atoms in total. The molecular formula is C16H18ClFN2O2. The topological polar surface area (TPSA) is 64.7 Å². The van der Waals surface area contributed by atoms with Gasteiger partial charge in [-0.3, -0.25) is 4.99 Å². The summed E-state index contributed by atoms with van der Waals surface area (Å²) in [5.41, 5.74) is 6.08. The summed E-state index contributed by atoms with van der Waals surface area (Å²) >= 11 is 6.03. The van der Waals surface area contributed by atoms with Gasteiger partial charge in [-0.2, -0.15) is 0 Å². The molecule has 0 saturated heterocycles. The first-order chi connectivity index (χ1) is 10.5. The Balaban J connectivity index is 2.93. The Labute approximate surface area is 134 Å². The number of benzene rings is 1. The zero-order valence-corrected chi connectivity index (χ0v) is 13.1. The summed E-state index contributed by atoms with van der Waals surface area (Å²) in [6, 6.07) is 6.21. The monoisotopic (exact) mass is 324 g/mol. The second kappa shape index (κ2) is 9.00. The minimum Gasteiger partial charge on any atom is -0.461 e. The number of aliphatic imine (C=N–C) groups is 1. The molecule has 0 atom stereocenters. The molecule has 0 spiro atoms. The molecule has 0 amide bonds. The van der Waals surface area contributed by atoms with Gasteiger partial charge in [-0.15, -0.1) is 0 Å². The molecule has 0 bridgehead atoms. The van der Waals surface area contributed by atoms with Crippen molar-refractivity contribution in [1.82, 2.24) is 0 Å². The molecule has 6 heteroatoms. The van der Waals surface area contributed by atoms with Crippen molar-refractivity contribution in [3.63, 3.8) is 0 Å². The van der Waals surface area contributed by atoms with Crippen LogP contribution in [-0.4, -0.2) is 17.7 Å². The number of carbonyl (C=O) groups is 1. The van der Waals surface area contributed by atoms with Gasteiger partial charge in [-0.25, -0.2) is 9.18 Å². The Morgan fingerprint density at radius 3 is 2.77 bits per heavy atom. The number of nitrogens with two attached hydrogens (primary N) is 1. The molecular weight excluding hydrogens is 307 g/mol. The molecule has 1 rings (SSSR count). The van der Waals surface area contributed by atoms with Gasteiger partial charge in [0.05, 0.1) is 13.2 Å². The summed E-state index contributed by atoms with van der Waals surface area (Å²) in [5, 5.41) is -0.0239. The first-order valence-electron chi connectivity index (χ1n) is 6.74. The first-order valence-corrected chi connectivity index (χ1v) is 7.12. The van der Waals surface area contributed by atoms with Crippen molar-refractivity contribution in [2.24, 2.45) is 10.7 Å². The Hall–Kier alpha value is -2.14. The minimum absolute atomic E-state index is 0.0239. The smallest absolute Gasteiger partial charge is 0.354 e. The van der Waals surface area contributed by atoms with Crippen LogP contribution in [0.2, 0.25) is 0 Å². The molecule has 0 aliphatic rings. The zero-order valence-electron chi connectivity index (χ0n) is 12.3. The molecule has 1 aromatic rings. The molecule has 2 N–H and O–H groups in total. The van der Waals surface area contributed by atoms with Gasteiger partial charge >= 0.3 is 5.97 Å². The third-order valence-electron chi connectivity index (χ3n) is 2.72. The van der Waals surface area contributed by atoms with E-state index in [1.54, 1.807) is 18.2 Å². The number of halogens is 2. The van der Waals surface area contributed by atoms with Gasteiger partial charge < -0.3 is 10.5 Å². The number of allylic oxidation sites excluding steroid dienone is 2. The average molecular weight is 325 g/mol. The Morgan fingerprint density at radius 2 is 2.18 bits per heavy atom. The van der Waals surface area contributed by atoms with Gasteiger partial charge in [0.2, 0.25) is 0 Å². The zero-order chi connectivity index (χ0) is 16.5. The predicted octanol–water partition coefficient (Wildman–Crippen LogP) is 3.32. The van der Waals surface area contributed by atoms with E-state index < -0.39 is 5.97 Å². The van der Waals surface area contributed by atoms with Crippen molar-refractivity contribution < 1.29 is 13.9 Å². The Morgan fingerprint density at radius 1 is 1.50 bits per heavy atom. The summed E-state index contributed by atoms with van der Waals surface area (Å²) < 4.78 is 18.4. The van der Waals surface area contributed by atoms with Crippen LogP contribution in [0.25, 0.3) is 0 Å². The third-order valence-corrected chi connectivity index (χ3v) is 3.04. The fraction of sp³-hybridized carbons (Fsp3) is 0.250. The highest BCUT2D eigenvalue weighted by Gasteiger charge is 2.14. The van der Waals surface area contributed by atoms with Gasteiger partial charge in [-0.05, 0) is 12.5 Å². The maximum atomic E-state index is 13.5. The van der Waals surface area contributed by atoms with E-state index in [0.717, 1.165) is 0 Å². The third kappa shape index (κ3) is 5.00. The van der Waals surface area contributed by atoms with Crippen LogP contribution in [0.5, 0.6) is 0 Å². The van der Waals surface area contributed by atoms with Crippen LogP contribution in [0.15, 0.2) is 53.2 Å². The second-order valence-corrected chi connectivity index (χ2v) is 4.72. The summed E-state index contributed by atoms with van der Waals surface area (Å²) in [7, 11) is 0. The average Bonchev–Trinajstić information content (AvgIpc) is 2.52. The molecule has 0 fully saturated rings. The van der Waals surface area contributed by atoms with Gasteiger partial charge in [-0.1, -0.05) is 49.4 Å². The molecule has 0 aromatic heterocycles. The van der Waals surface area contributed by atoms with E-state index in [9.17, 15) is 9.18 Å². The van der Waals surface area contributed by atoms with E-state index in [1.807, 2.05) is 6.92 Å². The SMILES string of the molecule is C=CC(C(Cl)=NCc1ccccc1F)=C(N)C(=O)OCCC. The lowest BCUT2D eigenvalue weighted by atomic mass is 10.2. The summed E-state index contributed by atoms with van der Waals surface area (Å²) in [5.74, 6) is -1.06. The molecule has 0 aliphatic carbocycles. The van der Waals surface area contributed by atoms with E-state index in [2.05, 4.69) is 11.6 Å². The lowest BCUT2D eigenvalue weighted by Gasteiger charge is -2.07. The summed E-state index contributed by atoms with van der Waals surface area (Å²) in [4.78, 5) is 15.7. The Kier molecular flexibility index (Phi) is 7.32. The predicted molar refractivity (Wildman–Crippen MR) is 86.1 cm³/mol. The molecule has 1 aromatic carbocycles. The quantitative estimate of drug-likeness (QED) is 0.362. The van der Waals surface area contributed by atoms with E-state index in [0.29, 0.717) is 12.0 Å². The number of carbonyl (C=O) groups excluding carboxylic acids is 1. The van der Waals surface area contributed by atoms with Gasteiger partial charge in [0.25, 0.3) is 0 Å². The van der Waals surface area contributed by atoms with Crippen LogP contribution in [0, 0.1) is 5.82 Å². The molecule has 0 heterocycles. The second-order valence-electron chi connectivity index (χ2n) is 4.37. The van der Waals surface area contributed by atoms with Crippen molar-refractivity contribution in [3.05, 3.63) is 59.6 Å². The fourth-order valence-electron chi connectivity index (χ4n) is 1.55. The first kappa shape index (κ1) is 17.9. The highest BCUT2D eigenvalue weighted by Crippen LogP contribution is 2.13. The lowest BCUT2D eigenvalue weighted by molar-refractivity contribution is -0.139. The van der Waals surface area contributed by atoms with Crippen molar-refractivity contribution in [2.75, 3.05) is 6.61 Å². The maximum absolute atomic E-state index is 13.5. The van der Waals surface area contributed by atoms with Gasteiger partial charge in [0.15, 0.2) is 0 Å². The van der Waals surface area contributed by atoms with Crippen LogP contribution in [0.3, 0.4) is 0 Å². The van der Waals surface area contributed by atoms with Crippen LogP contribution < -0.4 is 5.73 Å². The summed E-state index contributed by atoms with van der Waals surface area (Å²) in [6.45, 7) is 5.70. The van der Waals surface area contributed by atoms with Crippen molar-refractivity contribution in [2.45, 2.75) is 19.9 Å². The van der Waals surface area contributed by atoms with Crippen LogP contribution in [0.1, 0.15) is 18.9 Å². The molecule has 0 aliphatic heterocycles. The minimum atomic E-state index is -0.684. The molecule has 118 valence electrons. The van der Waals surface area contributed by atoms with E-state index in [1.165, 1.54) is 12.1 Å². The maximum Gasteiger partial charge on any atom is 0.354 e. The van der Waals surface area contributed by atoms with Gasteiger partial charge in [0, 0.05) is 11.1 Å². The fourth-order valence-corrected chi connectivity index (χ4v) is 1.79. The Bertz CT molecular complexity index is 612. The van der Waals surface area contributed by atoms with Crippen LogP contribution >= 0.6 is 11.6 Å². The number of rotatable bonds is 7. The number of nitrogens with zero attached hydrogens (tertiary/aromatic N) is 1. The highest BCUT2D eigenvalue weighted by atomic mass is 35.5. The highest BCUT2D eigenvalue weighted by molar-refractivity contribution is 6.70. The number of ether oxygens (including phenoxy) is 1. The lowest BCUT2D eigenvalue weighted by Crippen LogP contribution is -2.19. The van der Waals surface area contributed by atoms with Crippen LogP contribution in [0.4, 0.5) is 4.39 Å². The molecule has 0 radical (unpaired) electrons. The van der Waals surface area contributed by atoms with Crippen molar-refractivity contribution in [3.8, 4) is 0 Å². The van der Waals surface area contributed by atoms with Crippen molar-refractivity contribution >= 4 is 22.7 Å². The summed E-state index contributed by atoms with van der Waals surface area (Å²) in [6.07, 6.45) is 1.99. The number of hydrogen-bond acceptors (Lipinski definition) is 4. The number of hydrogen-bond donors (Lipinski definition) is 1. The van der Waals surface area contributed by atoms with Gasteiger partial charge in [0.1, 0.15) is 16.7 Å². The molecule has 22 heavy (non-hydrogen) atoms. The van der Waals surface area contributed by atoms with Crippen LogP contribution in [-0.2, 0) is 16.1 Å². The van der Waals surface area contributed by atoms with Crippen molar-refractivity contribution in [1.29, 1.82) is 0 Å². The standard InChI is InChI=1S/C16H18ClFN2O2/c1-3-9-22-16(21)14(19)12(4-2)15(17)20-10-11-7-5-6-8-13(11)18/h4-8H,2-3,9-10,19H2,1H3. The normalized spacial score (nSPS) is 12.6. The largest absolute Gasteiger partial charge is 0.461 e. The molecule has 0 unspecified atom stereocenters. The van der Waals surface area contributed by atoms with E-state index >= 15 is 0 Å². The number of esters is 1. The molecule has 0 saturated carbocycles. The van der Waals surface area contributed by atoms with E-state index in [-0.39, 0.29) is 35.4 Å². The van der Waals surface area contributed by atoms with E-state index in [4.69, 9.17) is 22.1 Å².